The highest BCUT2D eigenvalue weighted by Gasteiger charge is 2.13. The third kappa shape index (κ3) is 3.42. The van der Waals surface area contributed by atoms with Crippen molar-refractivity contribution in [3.05, 3.63) is 34.3 Å². The number of nitrogens with two attached hydrogens (primary N) is 1. The molecule has 1 atom stereocenters. The Hall–Kier alpha value is -0.610. The minimum absolute atomic E-state index is 0.0323. The number of ether oxygens (including phenoxy) is 1. The van der Waals surface area contributed by atoms with Crippen molar-refractivity contribution in [3.8, 4) is 0 Å². The summed E-state index contributed by atoms with van der Waals surface area (Å²) < 4.78 is 5.33. The van der Waals surface area contributed by atoms with Gasteiger partial charge >= 0.3 is 0 Å². The van der Waals surface area contributed by atoms with Crippen molar-refractivity contribution in [2.24, 2.45) is 5.73 Å². The van der Waals surface area contributed by atoms with E-state index in [4.69, 9.17) is 22.1 Å². The molecule has 2 N–H and O–H groups in total. The molecule has 0 spiro atoms. The molecule has 1 aromatic rings. The fourth-order valence-electron chi connectivity index (χ4n) is 1.98. The van der Waals surface area contributed by atoms with Crippen molar-refractivity contribution in [2.45, 2.75) is 19.5 Å². The summed E-state index contributed by atoms with van der Waals surface area (Å²) in [7, 11) is 0. The lowest BCUT2D eigenvalue weighted by Gasteiger charge is -2.27. The molecule has 17 heavy (non-hydrogen) atoms. The van der Waals surface area contributed by atoms with Gasteiger partial charge in [-0.05, 0) is 24.1 Å². The Kier molecular flexibility index (Phi) is 4.40. The first-order valence-electron chi connectivity index (χ1n) is 6.01. The molecule has 0 amide bonds. The summed E-state index contributed by atoms with van der Waals surface area (Å²) in [4.78, 5) is 2.36. The maximum absolute atomic E-state index is 6.28. The van der Waals surface area contributed by atoms with Crippen LogP contribution in [-0.4, -0.2) is 31.2 Å². The van der Waals surface area contributed by atoms with Gasteiger partial charge in [0.15, 0.2) is 0 Å². The molecule has 1 saturated heterocycles. The van der Waals surface area contributed by atoms with Crippen molar-refractivity contribution >= 4 is 11.6 Å². The van der Waals surface area contributed by atoms with Crippen LogP contribution in [-0.2, 0) is 11.3 Å². The third-order valence-corrected chi connectivity index (χ3v) is 3.45. The van der Waals surface area contributed by atoms with Gasteiger partial charge in [-0.2, -0.15) is 0 Å². The molecule has 0 radical (unpaired) electrons. The summed E-state index contributed by atoms with van der Waals surface area (Å²) in [6.45, 7) is 6.44. The lowest BCUT2D eigenvalue weighted by Crippen LogP contribution is -2.35. The molecule has 1 fully saturated rings. The van der Waals surface area contributed by atoms with Gasteiger partial charge in [0.2, 0.25) is 0 Å². The molecule has 0 bridgehead atoms. The predicted molar refractivity (Wildman–Crippen MR) is 70.2 cm³/mol. The standard InChI is InChI=1S/C13H19ClN2O/c1-10(15)11-2-3-12(13(14)8-11)9-16-4-6-17-7-5-16/h2-3,8,10H,4-7,9,15H2,1H3. The molecular weight excluding hydrogens is 236 g/mol. The second-order valence-electron chi connectivity index (χ2n) is 4.53. The van der Waals surface area contributed by atoms with Gasteiger partial charge < -0.3 is 10.5 Å². The molecule has 1 aromatic carbocycles. The fraction of sp³-hybridized carbons (Fsp3) is 0.538. The Bertz CT molecular complexity index is 376. The smallest absolute Gasteiger partial charge is 0.0594 e. The van der Waals surface area contributed by atoms with Crippen LogP contribution < -0.4 is 5.73 Å². The van der Waals surface area contributed by atoms with E-state index in [0.29, 0.717) is 0 Å². The van der Waals surface area contributed by atoms with E-state index in [1.54, 1.807) is 0 Å². The van der Waals surface area contributed by atoms with Crippen molar-refractivity contribution in [1.82, 2.24) is 4.90 Å². The van der Waals surface area contributed by atoms with Gasteiger partial charge in [0.1, 0.15) is 0 Å². The average molecular weight is 255 g/mol. The minimum Gasteiger partial charge on any atom is -0.379 e. The second kappa shape index (κ2) is 5.83. The first-order chi connectivity index (χ1) is 8.16. The monoisotopic (exact) mass is 254 g/mol. The van der Waals surface area contributed by atoms with Gasteiger partial charge in [0, 0.05) is 30.7 Å². The van der Waals surface area contributed by atoms with Crippen LogP contribution in [0.3, 0.4) is 0 Å². The van der Waals surface area contributed by atoms with Gasteiger partial charge in [-0.15, -0.1) is 0 Å². The van der Waals surface area contributed by atoms with Crippen LogP contribution in [0.2, 0.25) is 5.02 Å². The van der Waals surface area contributed by atoms with E-state index in [2.05, 4.69) is 17.0 Å². The van der Waals surface area contributed by atoms with Crippen LogP contribution in [0.15, 0.2) is 18.2 Å². The van der Waals surface area contributed by atoms with Gasteiger partial charge in [-0.3, -0.25) is 4.90 Å². The van der Waals surface area contributed by atoms with Crippen LogP contribution in [0.25, 0.3) is 0 Å². The summed E-state index contributed by atoms with van der Waals surface area (Å²) in [5.41, 5.74) is 8.08. The van der Waals surface area contributed by atoms with Crippen LogP contribution in [0.5, 0.6) is 0 Å². The Morgan fingerprint density at radius 2 is 2.12 bits per heavy atom. The number of rotatable bonds is 3. The number of nitrogens with zero attached hydrogens (tertiary/aromatic N) is 1. The highest BCUT2D eigenvalue weighted by atomic mass is 35.5. The quantitative estimate of drug-likeness (QED) is 0.899. The normalized spacial score (nSPS) is 19.2. The number of hydrogen-bond donors (Lipinski definition) is 1. The maximum atomic E-state index is 6.28. The van der Waals surface area contributed by atoms with Crippen LogP contribution in [0, 0.1) is 0 Å². The zero-order valence-corrected chi connectivity index (χ0v) is 10.9. The Morgan fingerprint density at radius 3 is 2.71 bits per heavy atom. The number of morpholine rings is 1. The van der Waals surface area contributed by atoms with Crippen molar-refractivity contribution in [2.75, 3.05) is 26.3 Å². The largest absolute Gasteiger partial charge is 0.379 e. The van der Waals surface area contributed by atoms with Crippen LogP contribution >= 0.6 is 11.6 Å². The van der Waals surface area contributed by atoms with Gasteiger partial charge in [-0.25, -0.2) is 0 Å². The van der Waals surface area contributed by atoms with E-state index in [9.17, 15) is 0 Å². The molecule has 1 heterocycles. The molecule has 0 aromatic heterocycles. The zero-order valence-electron chi connectivity index (χ0n) is 10.2. The van der Waals surface area contributed by atoms with E-state index in [1.807, 2.05) is 13.0 Å². The summed E-state index contributed by atoms with van der Waals surface area (Å²) in [5.74, 6) is 0. The summed E-state index contributed by atoms with van der Waals surface area (Å²) in [6.07, 6.45) is 0. The Balaban J connectivity index is 2.05. The molecule has 0 saturated carbocycles. The SMILES string of the molecule is CC(N)c1ccc(CN2CCOCC2)c(Cl)c1. The fourth-order valence-corrected chi connectivity index (χ4v) is 2.22. The van der Waals surface area contributed by atoms with Crippen molar-refractivity contribution in [1.29, 1.82) is 0 Å². The number of halogens is 1. The Morgan fingerprint density at radius 1 is 1.41 bits per heavy atom. The third-order valence-electron chi connectivity index (χ3n) is 3.10. The van der Waals surface area contributed by atoms with Crippen LogP contribution in [0.4, 0.5) is 0 Å². The summed E-state index contributed by atoms with van der Waals surface area (Å²) >= 11 is 6.28. The molecule has 0 aliphatic carbocycles. The zero-order chi connectivity index (χ0) is 12.3. The molecule has 1 unspecified atom stereocenters. The Labute approximate surface area is 107 Å². The highest BCUT2D eigenvalue weighted by molar-refractivity contribution is 6.31. The van der Waals surface area contributed by atoms with E-state index in [-0.39, 0.29) is 6.04 Å². The molecule has 1 aliphatic rings. The molecule has 1 aliphatic heterocycles. The lowest BCUT2D eigenvalue weighted by atomic mass is 10.1. The van der Waals surface area contributed by atoms with Gasteiger partial charge in [0.05, 0.1) is 13.2 Å². The first-order valence-corrected chi connectivity index (χ1v) is 6.38. The lowest BCUT2D eigenvalue weighted by molar-refractivity contribution is 0.0342. The van der Waals surface area contributed by atoms with E-state index in [1.165, 1.54) is 0 Å². The molecule has 4 heteroatoms. The number of benzene rings is 1. The number of hydrogen-bond acceptors (Lipinski definition) is 3. The maximum Gasteiger partial charge on any atom is 0.0594 e. The van der Waals surface area contributed by atoms with Crippen molar-refractivity contribution < 1.29 is 4.74 Å². The highest BCUT2D eigenvalue weighted by Crippen LogP contribution is 2.22. The van der Waals surface area contributed by atoms with E-state index < -0.39 is 0 Å². The average Bonchev–Trinajstić information content (AvgIpc) is 2.33. The molecule has 2 rings (SSSR count). The first kappa shape index (κ1) is 12.8. The van der Waals surface area contributed by atoms with Gasteiger partial charge in [0.25, 0.3) is 0 Å². The van der Waals surface area contributed by atoms with Crippen molar-refractivity contribution in [3.63, 3.8) is 0 Å². The summed E-state index contributed by atoms with van der Waals surface area (Å²) in [5, 5.41) is 0.811. The topological polar surface area (TPSA) is 38.5 Å². The van der Waals surface area contributed by atoms with E-state index in [0.717, 1.165) is 49.0 Å². The minimum atomic E-state index is 0.0323. The molecule has 94 valence electrons. The second-order valence-corrected chi connectivity index (χ2v) is 4.94. The molecular formula is C13H19ClN2O. The van der Waals surface area contributed by atoms with Gasteiger partial charge in [-0.1, -0.05) is 23.7 Å². The van der Waals surface area contributed by atoms with Crippen LogP contribution in [0.1, 0.15) is 24.1 Å². The predicted octanol–water partition coefficient (Wildman–Crippen LogP) is 2.19. The van der Waals surface area contributed by atoms with E-state index >= 15 is 0 Å². The molecule has 3 nitrogen and oxygen atoms in total. The summed E-state index contributed by atoms with van der Waals surface area (Å²) in [6, 6.07) is 6.15.